The summed E-state index contributed by atoms with van der Waals surface area (Å²) in [7, 11) is -3.62. The van der Waals surface area contributed by atoms with E-state index in [0.29, 0.717) is 12.2 Å². The Bertz CT molecular complexity index is 508. The third kappa shape index (κ3) is 2.65. The maximum absolute atomic E-state index is 12.3. The first-order chi connectivity index (χ1) is 7.95. The van der Waals surface area contributed by atoms with Crippen LogP contribution >= 0.6 is 0 Å². The first kappa shape index (κ1) is 13.7. The van der Waals surface area contributed by atoms with Crippen LogP contribution in [-0.2, 0) is 10.0 Å². The molecule has 0 atom stereocenters. The van der Waals surface area contributed by atoms with Gasteiger partial charge in [0.1, 0.15) is 10.6 Å². The van der Waals surface area contributed by atoms with Crippen LogP contribution < -0.4 is 0 Å². The predicted molar refractivity (Wildman–Crippen MR) is 60.6 cm³/mol. The van der Waals surface area contributed by atoms with E-state index < -0.39 is 10.0 Å². The van der Waals surface area contributed by atoms with Gasteiger partial charge in [-0.05, 0) is 13.8 Å². The fourth-order valence-electron chi connectivity index (χ4n) is 1.59. The van der Waals surface area contributed by atoms with Crippen molar-refractivity contribution in [3.05, 3.63) is 11.5 Å². The lowest BCUT2D eigenvalue weighted by Crippen LogP contribution is -2.32. The molecule has 0 fully saturated rings. The molecule has 1 rings (SSSR count). The average Bonchev–Trinajstić information content (AvgIpc) is 2.59. The molecule has 0 unspecified atom stereocenters. The molecule has 7 heteroatoms. The first-order valence-electron chi connectivity index (χ1n) is 5.25. The molecule has 0 aliphatic heterocycles. The zero-order chi connectivity index (χ0) is 13.1. The van der Waals surface area contributed by atoms with Gasteiger partial charge in [0.05, 0.1) is 6.07 Å². The number of nitrogens with zero attached hydrogens (tertiary/aromatic N) is 3. The highest BCUT2D eigenvalue weighted by atomic mass is 32.2. The molecule has 17 heavy (non-hydrogen) atoms. The summed E-state index contributed by atoms with van der Waals surface area (Å²) in [5.74, 6) is 0.276. The topological polar surface area (TPSA) is 87.2 Å². The van der Waals surface area contributed by atoms with Crippen LogP contribution in [0.5, 0.6) is 0 Å². The minimum atomic E-state index is -3.62. The third-order valence-electron chi connectivity index (χ3n) is 2.39. The van der Waals surface area contributed by atoms with Gasteiger partial charge in [-0.15, -0.1) is 0 Å². The lowest BCUT2D eigenvalue weighted by molar-refractivity contribution is 0.389. The van der Waals surface area contributed by atoms with E-state index in [-0.39, 0.29) is 23.6 Å². The monoisotopic (exact) mass is 257 g/mol. The molecule has 0 saturated carbocycles. The summed E-state index contributed by atoms with van der Waals surface area (Å²) in [4.78, 5) is 0.109. The van der Waals surface area contributed by atoms with Crippen LogP contribution in [0.25, 0.3) is 0 Å². The number of nitriles is 1. The quantitative estimate of drug-likeness (QED) is 0.791. The summed E-state index contributed by atoms with van der Waals surface area (Å²) in [5.41, 5.74) is 0.345. The van der Waals surface area contributed by atoms with Crippen LogP contribution in [0.1, 0.15) is 24.8 Å². The van der Waals surface area contributed by atoms with Gasteiger partial charge in [-0.25, -0.2) is 8.42 Å². The number of sulfonamides is 1. The summed E-state index contributed by atoms with van der Waals surface area (Å²) in [6, 6.07) is 1.93. The molecule has 1 aromatic heterocycles. The Hall–Kier alpha value is -1.39. The number of rotatable bonds is 5. The molecule has 1 aromatic rings. The van der Waals surface area contributed by atoms with Crippen molar-refractivity contribution >= 4 is 10.0 Å². The second-order valence-corrected chi connectivity index (χ2v) is 5.43. The Kier molecular flexibility index (Phi) is 4.26. The van der Waals surface area contributed by atoms with Crippen molar-refractivity contribution < 1.29 is 12.9 Å². The molecular weight excluding hydrogens is 242 g/mol. The van der Waals surface area contributed by atoms with Crippen LogP contribution in [0, 0.1) is 25.2 Å². The van der Waals surface area contributed by atoms with Crippen LogP contribution in [0.4, 0.5) is 0 Å². The molecule has 0 amide bonds. The second kappa shape index (κ2) is 5.29. The van der Waals surface area contributed by atoms with Gasteiger partial charge in [0, 0.05) is 19.5 Å². The fraction of sp³-hybridized carbons (Fsp3) is 0.600. The molecule has 94 valence electrons. The molecule has 6 nitrogen and oxygen atoms in total. The van der Waals surface area contributed by atoms with E-state index in [1.165, 1.54) is 4.31 Å². The molecule has 0 spiro atoms. The van der Waals surface area contributed by atoms with Crippen molar-refractivity contribution in [2.75, 3.05) is 13.1 Å². The van der Waals surface area contributed by atoms with E-state index in [1.54, 1.807) is 20.8 Å². The SMILES string of the molecule is CCN(CCC#N)S(=O)(=O)c1c(C)noc1C. The van der Waals surface area contributed by atoms with Crippen LogP contribution in [0.3, 0.4) is 0 Å². The lowest BCUT2D eigenvalue weighted by Gasteiger charge is -2.18. The summed E-state index contributed by atoms with van der Waals surface area (Å²) in [5, 5.41) is 12.1. The number of hydrogen-bond acceptors (Lipinski definition) is 5. The van der Waals surface area contributed by atoms with E-state index in [1.807, 2.05) is 6.07 Å². The summed E-state index contributed by atoms with van der Waals surface area (Å²) < 4.78 is 30.7. The normalized spacial score (nSPS) is 11.7. The smallest absolute Gasteiger partial charge is 0.248 e. The van der Waals surface area contributed by atoms with Crippen molar-refractivity contribution in [3.8, 4) is 6.07 Å². The van der Waals surface area contributed by atoms with Crippen LogP contribution in [0.15, 0.2) is 9.42 Å². The van der Waals surface area contributed by atoms with Gasteiger partial charge >= 0.3 is 0 Å². The minimum absolute atomic E-state index is 0.109. The van der Waals surface area contributed by atoms with E-state index in [4.69, 9.17) is 9.78 Å². The van der Waals surface area contributed by atoms with Gasteiger partial charge in [0.15, 0.2) is 5.76 Å². The molecule has 0 N–H and O–H groups in total. The Morgan fingerprint density at radius 3 is 2.53 bits per heavy atom. The number of aromatic nitrogens is 1. The van der Waals surface area contributed by atoms with E-state index >= 15 is 0 Å². The van der Waals surface area contributed by atoms with Crippen molar-refractivity contribution in [3.63, 3.8) is 0 Å². The fourth-order valence-corrected chi connectivity index (χ4v) is 3.34. The third-order valence-corrected chi connectivity index (χ3v) is 4.61. The Morgan fingerprint density at radius 2 is 2.12 bits per heavy atom. The van der Waals surface area contributed by atoms with Crippen molar-refractivity contribution in [2.24, 2.45) is 0 Å². The van der Waals surface area contributed by atoms with E-state index in [0.717, 1.165) is 0 Å². The average molecular weight is 257 g/mol. The zero-order valence-corrected chi connectivity index (χ0v) is 10.9. The van der Waals surface area contributed by atoms with Gasteiger partial charge in [0.25, 0.3) is 0 Å². The van der Waals surface area contributed by atoms with Gasteiger partial charge < -0.3 is 4.52 Å². The number of hydrogen-bond donors (Lipinski definition) is 0. The molecule has 0 bridgehead atoms. The molecule has 0 aromatic carbocycles. The van der Waals surface area contributed by atoms with Gasteiger partial charge in [-0.1, -0.05) is 12.1 Å². The van der Waals surface area contributed by atoms with E-state index in [9.17, 15) is 8.42 Å². The highest BCUT2D eigenvalue weighted by Gasteiger charge is 2.29. The summed E-state index contributed by atoms with van der Waals surface area (Å²) in [6.45, 7) is 5.37. The summed E-state index contributed by atoms with van der Waals surface area (Å²) >= 11 is 0. The van der Waals surface area contributed by atoms with Gasteiger partial charge in [-0.3, -0.25) is 0 Å². The van der Waals surface area contributed by atoms with Gasteiger partial charge in [-0.2, -0.15) is 9.57 Å². The summed E-state index contributed by atoms with van der Waals surface area (Å²) in [6.07, 6.45) is 0.163. The maximum Gasteiger partial charge on any atom is 0.248 e. The molecule has 1 heterocycles. The maximum atomic E-state index is 12.3. The van der Waals surface area contributed by atoms with Crippen LogP contribution in [0.2, 0.25) is 0 Å². The predicted octanol–water partition coefficient (Wildman–Crippen LogP) is 1.22. The molecule has 0 radical (unpaired) electrons. The van der Waals surface area contributed by atoms with Crippen LogP contribution in [-0.4, -0.2) is 31.0 Å². The number of aryl methyl sites for hydroxylation is 2. The Morgan fingerprint density at radius 1 is 1.47 bits per heavy atom. The minimum Gasteiger partial charge on any atom is -0.360 e. The van der Waals surface area contributed by atoms with E-state index in [2.05, 4.69) is 5.16 Å². The Balaban J connectivity index is 3.14. The molecule has 0 aliphatic carbocycles. The van der Waals surface area contributed by atoms with Gasteiger partial charge in [0.2, 0.25) is 10.0 Å². The highest BCUT2D eigenvalue weighted by Crippen LogP contribution is 2.23. The largest absolute Gasteiger partial charge is 0.360 e. The molecule has 0 aliphatic rings. The molecular formula is C10H15N3O3S. The zero-order valence-electron chi connectivity index (χ0n) is 10.1. The Labute approximate surface area is 101 Å². The van der Waals surface area contributed by atoms with Crippen molar-refractivity contribution in [2.45, 2.75) is 32.1 Å². The lowest BCUT2D eigenvalue weighted by atomic mass is 10.4. The highest BCUT2D eigenvalue weighted by molar-refractivity contribution is 7.89. The molecule has 0 saturated heterocycles. The first-order valence-corrected chi connectivity index (χ1v) is 6.69. The van der Waals surface area contributed by atoms with Crippen molar-refractivity contribution in [1.29, 1.82) is 5.26 Å². The van der Waals surface area contributed by atoms with Crippen molar-refractivity contribution in [1.82, 2.24) is 9.46 Å². The standard InChI is InChI=1S/C10H15N3O3S/c1-4-13(7-5-6-11)17(14,15)10-8(2)12-16-9(10)3/h4-5,7H2,1-3H3. The second-order valence-electron chi connectivity index (χ2n) is 3.56.